The van der Waals surface area contributed by atoms with E-state index in [-0.39, 0.29) is 0 Å². The summed E-state index contributed by atoms with van der Waals surface area (Å²) in [6, 6.07) is 0.433. The van der Waals surface area contributed by atoms with E-state index in [2.05, 4.69) is 19.0 Å². The van der Waals surface area contributed by atoms with E-state index in [0.717, 1.165) is 39.1 Å². The Morgan fingerprint density at radius 2 is 1.74 bits per heavy atom. The zero-order valence-electron chi connectivity index (χ0n) is 13.7. The molecule has 0 aromatic carbocycles. The summed E-state index contributed by atoms with van der Waals surface area (Å²) in [4.78, 5) is 13.8. The molecule has 0 atom stereocenters. The van der Waals surface area contributed by atoms with Crippen LogP contribution in [0.4, 0.5) is 0 Å². The Hall–Kier alpha value is -1.89. The highest BCUT2D eigenvalue weighted by Gasteiger charge is 2.25. The highest BCUT2D eigenvalue weighted by atomic mass is 32.1. The molecular formula is C16H20N6S. The van der Waals surface area contributed by atoms with Gasteiger partial charge in [0.2, 0.25) is 0 Å². The largest absolute Gasteiger partial charge is 0.243 e. The first-order chi connectivity index (χ1) is 11.1. The van der Waals surface area contributed by atoms with Crippen LogP contribution in [0.25, 0.3) is 21.7 Å². The molecule has 7 heteroatoms. The lowest BCUT2D eigenvalue weighted by molar-refractivity contribution is 0.336. The minimum Gasteiger partial charge on any atom is -0.243 e. The van der Waals surface area contributed by atoms with Gasteiger partial charge in [-0.05, 0) is 45.1 Å². The smallest absolute Gasteiger partial charge is 0.165 e. The summed E-state index contributed by atoms with van der Waals surface area (Å²) < 4.78 is 6.44. The Bertz CT molecular complexity index is 859. The maximum Gasteiger partial charge on any atom is 0.165 e. The van der Waals surface area contributed by atoms with Gasteiger partial charge in [0.25, 0.3) is 0 Å². The normalized spacial score (nSPS) is 16.3. The second-order valence-electron chi connectivity index (χ2n) is 6.29. The number of hydrogen-bond donors (Lipinski definition) is 0. The van der Waals surface area contributed by atoms with Crippen molar-refractivity contribution in [3.05, 3.63) is 17.3 Å². The van der Waals surface area contributed by atoms with Gasteiger partial charge in [0.15, 0.2) is 10.7 Å². The van der Waals surface area contributed by atoms with Crippen LogP contribution in [-0.2, 0) is 0 Å². The van der Waals surface area contributed by atoms with Crippen LogP contribution in [0.1, 0.15) is 55.5 Å². The fraction of sp³-hybridized carbons (Fsp3) is 0.562. The molecule has 1 fully saturated rings. The van der Waals surface area contributed by atoms with Gasteiger partial charge in [-0.1, -0.05) is 19.3 Å². The number of fused-ring (bicyclic) bond motifs is 1. The molecule has 6 nitrogen and oxygen atoms in total. The summed E-state index contributed by atoms with van der Waals surface area (Å²) in [6.45, 7) is 5.88. The lowest BCUT2D eigenvalue weighted by atomic mass is 9.96. The van der Waals surface area contributed by atoms with Crippen LogP contribution in [0.5, 0.6) is 0 Å². The molecule has 0 spiro atoms. The molecule has 1 aliphatic rings. The minimum atomic E-state index is 0.433. The van der Waals surface area contributed by atoms with Crippen LogP contribution in [0.3, 0.4) is 0 Å². The first kappa shape index (κ1) is 14.7. The van der Waals surface area contributed by atoms with Crippen molar-refractivity contribution in [2.75, 3.05) is 0 Å². The van der Waals surface area contributed by atoms with E-state index in [9.17, 15) is 0 Å². The van der Waals surface area contributed by atoms with Gasteiger partial charge >= 0.3 is 0 Å². The van der Waals surface area contributed by atoms with Crippen LogP contribution < -0.4 is 0 Å². The van der Waals surface area contributed by atoms with E-state index in [4.69, 9.17) is 10.1 Å². The second kappa shape index (κ2) is 5.63. The Kier molecular flexibility index (Phi) is 3.60. The van der Waals surface area contributed by atoms with Crippen molar-refractivity contribution in [3.8, 4) is 10.7 Å². The van der Waals surface area contributed by atoms with Gasteiger partial charge in [0.1, 0.15) is 17.3 Å². The topological polar surface area (TPSA) is 69.4 Å². The molecule has 23 heavy (non-hydrogen) atoms. The molecule has 4 rings (SSSR count). The van der Waals surface area contributed by atoms with Crippen LogP contribution >= 0.6 is 11.5 Å². The van der Waals surface area contributed by atoms with E-state index >= 15 is 0 Å². The molecule has 0 radical (unpaired) electrons. The molecule has 3 heterocycles. The minimum absolute atomic E-state index is 0.433. The van der Waals surface area contributed by atoms with Gasteiger partial charge in [0, 0.05) is 0 Å². The average Bonchev–Trinajstić information content (AvgIpc) is 3.12. The Labute approximate surface area is 139 Å². The van der Waals surface area contributed by atoms with E-state index in [0.29, 0.717) is 6.04 Å². The summed E-state index contributed by atoms with van der Waals surface area (Å²) in [7, 11) is 0. The third-order valence-corrected chi connectivity index (χ3v) is 5.31. The van der Waals surface area contributed by atoms with Crippen molar-refractivity contribution in [2.24, 2.45) is 0 Å². The van der Waals surface area contributed by atoms with Crippen molar-refractivity contribution in [2.45, 2.75) is 58.9 Å². The summed E-state index contributed by atoms with van der Waals surface area (Å²) in [5, 5.41) is 6.80. The van der Waals surface area contributed by atoms with Crippen molar-refractivity contribution in [1.29, 1.82) is 0 Å². The molecular weight excluding hydrogens is 308 g/mol. The molecule has 1 aliphatic carbocycles. The first-order valence-electron chi connectivity index (χ1n) is 8.17. The highest BCUT2D eigenvalue weighted by Crippen LogP contribution is 2.35. The molecule has 120 valence electrons. The van der Waals surface area contributed by atoms with E-state index in [1.54, 1.807) is 0 Å². The number of aromatic nitrogens is 6. The molecule has 0 amide bonds. The third-order valence-electron chi connectivity index (χ3n) is 4.49. The van der Waals surface area contributed by atoms with E-state index in [1.165, 1.54) is 43.6 Å². The van der Waals surface area contributed by atoms with Crippen LogP contribution in [-0.4, -0.2) is 29.1 Å². The number of aryl methyl sites for hydroxylation is 3. The lowest BCUT2D eigenvalue weighted by Gasteiger charge is -2.22. The molecule has 0 unspecified atom stereocenters. The van der Waals surface area contributed by atoms with Crippen molar-refractivity contribution in [1.82, 2.24) is 29.1 Å². The highest BCUT2D eigenvalue weighted by molar-refractivity contribution is 7.09. The molecule has 3 aromatic rings. The van der Waals surface area contributed by atoms with Crippen LogP contribution in [0, 0.1) is 20.8 Å². The molecule has 0 saturated heterocycles. The zero-order valence-corrected chi connectivity index (χ0v) is 14.5. The predicted octanol–water partition coefficient (Wildman–Crippen LogP) is 3.78. The average molecular weight is 328 g/mol. The van der Waals surface area contributed by atoms with Gasteiger partial charge in [-0.25, -0.2) is 19.6 Å². The SMILES string of the molecule is Cc1nsc(-c2nn(C3CCCCC3)c3nc(C)nc(C)c23)n1. The van der Waals surface area contributed by atoms with Crippen molar-refractivity contribution in [3.63, 3.8) is 0 Å². The zero-order chi connectivity index (χ0) is 16.0. The summed E-state index contributed by atoms with van der Waals surface area (Å²) in [6.07, 6.45) is 6.21. The molecule has 3 aromatic heterocycles. The standard InChI is InChI=1S/C16H20N6S/c1-9-13-14(16-19-11(3)21-23-16)20-22(12-7-5-4-6-8-12)15(13)18-10(2)17-9/h12H,4-8H2,1-3H3. The Balaban J connectivity index is 1.96. The van der Waals surface area contributed by atoms with Gasteiger partial charge in [-0.2, -0.15) is 9.47 Å². The Morgan fingerprint density at radius 3 is 2.43 bits per heavy atom. The van der Waals surface area contributed by atoms with Crippen molar-refractivity contribution < 1.29 is 0 Å². The maximum absolute atomic E-state index is 4.92. The molecule has 0 aliphatic heterocycles. The number of rotatable bonds is 2. The number of hydrogen-bond acceptors (Lipinski definition) is 6. The first-order valence-corrected chi connectivity index (χ1v) is 8.95. The van der Waals surface area contributed by atoms with Crippen molar-refractivity contribution >= 4 is 22.6 Å². The second-order valence-corrected chi connectivity index (χ2v) is 7.04. The fourth-order valence-corrected chi connectivity index (χ4v) is 4.13. The Morgan fingerprint density at radius 1 is 0.957 bits per heavy atom. The van der Waals surface area contributed by atoms with E-state index in [1.807, 2.05) is 20.8 Å². The van der Waals surface area contributed by atoms with Gasteiger partial charge in [-0.3, -0.25) is 0 Å². The van der Waals surface area contributed by atoms with Gasteiger partial charge in [0.05, 0.1) is 17.1 Å². The number of nitrogens with zero attached hydrogens (tertiary/aromatic N) is 6. The fourth-order valence-electron chi connectivity index (χ4n) is 3.47. The molecule has 0 N–H and O–H groups in total. The molecule has 1 saturated carbocycles. The quantitative estimate of drug-likeness (QED) is 0.716. The van der Waals surface area contributed by atoms with E-state index < -0.39 is 0 Å². The predicted molar refractivity (Wildman–Crippen MR) is 90.6 cm³/mol. The van der Waals surface area contributed by atoms with Crippen LogP contribution in [0.15, 0.2) is 0 Å². The summed E-state index contributed by atoms with van der Waals surface area (Å²) in [5.74, 6) is 1.59. The summed E-state index contributed by atoms with van der Waals surface area (Å²) in [5.41, 5.74) is 2.80. The monoisotopic (exact) mass is 328 g/mol. The van der Waals surface area contributed by atoms with Gasteiger partial charge < -0.3 is 0 Å². The third kappa shape index (κ3) is 2.52. The van der Waals surface area contributed by atoms with Crippen LogP contribution in [0.2, 0.25) is 0 Å². The van der Waals surface area contributed by atoms with Gasteiger partial charge in [-0.15, -0.1) is 0 Å². The molecule has 0 bridgehead atoms. The maximum atomic E-state index is 4.92. The lowest BCUT2D eigenvalue weighted by Crippen LogP contribution is -2.15. The summed E-state index contributed by atoms with van der Waals surface area (Å²) >= 11 is 1.40.